The van der Waals surface area contributed by atoms with Gasteiger partial charge in [-0.3, -0.25) is 10.2 Å². The van der Waals surface area contributed by atoms with Crippen molar-refractivity contribution in [2.24, 2.45) is 5.73 Å². The molecule has 1 aromatic carbocycles. The zero-order valence-electron chi connectivity index (χ0n) is 23.3. The molecule has 0 saturated heterocycles. The molecule has 3 heterocycles. The number of carbonyl (C=O) groups is 2. The summed E-state index contributed by atoms with van der Waals surface area (Å²) in [6.45, 7) is 4.49. The standard InChI is InChI=1S/C27H38N6O5S.2ClH/c1-18-7-13-33(24(14-18)26(35)36)25(34)23(15-19-4-3-10-32(17-19)27(28)29)30-39(37,38)22-6-5-20-8-11-31(2)12-9-21(20)16-22;;/h4-7,16,23-24,30H,3,8-15,17H2,1-2H3,(H3,28,29)(H,35,36);2*1H/t23-,24?;;/m0../s1. The van der Waals surface area contributed by atoms with Gasteiger partial charge in [0.05, 0.1) is 4.90 Å². The number of amides is 1. The second-order valence-electron chi connectivity index (χ2n) is 10.7. The Balaban J connectivity index is 0.00000294. The van der Waals surface area contributed by atoms with Gasteiger partial charge < -0.3 is 25.5 Å². The van der Waals surface area contributed by atoms with Gasteiger partial charge >= 0.3 is 5.97 Å². The van der Waals surface area contributed by atoms with Gasteiger partial charge in [0.1, 0.15) is 12.1 Å². The Morgan fingerprint density at radius 1 is 1.15 bits per heavy atom. The van der Waals surface area contributed by atoms with E-state index in [0.717, 1.165) is 48.2 Å². The number of nitrogens with two attached hydrogens (primary N) is 1. The average Bonchev–Trinajstić information content (AvgIpc) is 3.08. The number of hydrogen-bond donors (Lipinski definition) is 4. The van der Waals surface area contributed by atoms with E-state index in [0.29, 0.717) is 19.5 Å². The van der Waals surface area contributed by atoms with Crippen molar-refractivity contribution < 1.29 is 23.1 Å². The third-order valence-corrected chi connectivity index (χ3v) is 9.21. The number of carbonyl (C=O) groups excluding carboxylic acids is 1. The minimum absolute atomic E-state index is 0. The van der Waals surface area contributed by atoms with Crippen LogP contribution in [0.15, 0.2) is 46.4 Å². The zero-order chi connectivity index (χ0) is 28.3. The first-order chi connectivity index (χ1) is 18.4. The van der Waals surface area contributed by atoms with Gasteiger partial charge in [-0.1, -0.05) is 29.4 Å². The number of halogens is 2. The van der Waals surface area contributed by atoms with Gasteiger partial charge in [0.15, 0.2) is 5.96 Å². The summed E-state index contributed by atoms with van der Waals surface area (Å²) in [5.74, 6) is -1.82. The predicted molar refractivity (Wildman–Crippen MR) is 162 cm³/mol. The first-order valence-electron chi connectivity index (χ1n) is 13.2. The lowest BCUT2D eigenvalue weighted by Crippen LogP contribution is -2.55. The summed E-state index contributed by atoms with van der Waals surface area (Å²) in [6, 6.07) is 2.80. The molecule has 1 aromatic rings. The molecule has 4 rings (SSSR count). The fourth-order valence-corrected chi connectivity index (χ4v) is 6.63. The number of likely N-dealkylation sites (N-methyl/N-ethyl adjacent to an activating group) is 1. The molecule has 1 amide bonds. The SMILES string of the molecule is CC1=CCN(C(=O)[C@H](CC2=CCCN(C(=N)N)C2)NS(=O)(=O)c2ccc3c(c2)CCN(C)CC3)C(C(=O)O)C1.Cl.Cl. The summed E-state index contributed by atoms with van der Waals surface area (Å²) in [4.78, 5) is 31.0. The van der Waals surface area contributed by atoms with E-state index in [1.165, 1.54) is 4.90 Å². The fourth-order valence-electron chi connectivity index (χ4n) is 5.39. The van der Waals surface area contributed by atoms with E-state index in [1.54, 1.807) is 23.1 Å². The average molecular weight is 632 g/mol. The fraction of sp³-hybridized carbons (Fsp3) is 0.519. The maximum Gasteiger partial charge on any atom is 0.326 e. The van der Waals surface area contributed by atoms with Crippen molar-refractivity contribution in [1.82, 2.24) is 19.4 Å². The zero-order valence-corrected chi connectivity index (χ0v) is 25.8. The Bertz CT molecular complexity index is 1320. The van der Waals surface area contributed by atoms with Gasteiger partial charge in [-0.05, 0) is 69.3 Å². The molecule has 5 N–H and O–H groups in total. The molecule has 3 aliphatic rings. The van der Waals surface area contributed by atoms with Crippen LogP contribution >= 0.6 is 24.8 Å². The number of guanidine groups is 1. The summed E-state index contributed by atoms with van der Waals surface area (Å²) in [6.07, 6.45) is 6.12. The highest BCUT2D eigenvalue weighted by atomic mass is 35.5. The molecular formula is C27H40Cl2N6O5S. The lowest BCUT2D eigenvalue weighted by Gasteiger charge is -2.35. The summed E-state index contributed by atoms with van der Waals surface area (Å²) in [5.41, 5.74) is 9.39. The topological polar surface area (TPSA) is 160 Å². The number of carboxylic acid groups (broad SMARTS) is 1. The van der Waals surface area contributed by atoms with E-state index in [2.05, 4.69) is 9.62 Å². The maximum absolute atomic E-state index is 13.8. The van der Waals surface area contributed by atoms with Crippen LogP contribution in [-0.4, -0.2) is 97.9 Å². The molecule has 0 fully saturated rings. The summed E-state index contributed by atoms with van der Waals surface area (Å²) >= 11 is 0. The second-order valence-corrected chi connectivity index (χ2v) is 12.4. The third-order valence-electron chi connectivity index (χ3n) is 7.74. The second kappa shape index (κ2) is 14.5. The molecular weight excluding hydrogens is 591 g/mol. The highest BCUT2D eigenvalue weighted by Crippen LogP contribution is 2.24. The van der Waals surface area contributed by atoms with E-state index in [4.69, 9.17) is 11.1 Å². The van der Waals surface area contributed by atoms with Crippen LogP contribution in [0.25, 0.3) is 0 Å². The summed E-state index contributed by atoms with van der Waals surface area (Å²) in [7, 11) is -2.08. The van der Waals surface area contributed by atoms with Gasteiger partial charge in [0.25, 0.3) is 0 Å². The Kier molecular flexibility index (Phi) is 12.2. The lowest BCUT2D eigenvalue weighted by atomic mass is 9.97. The van der Waals surface area contributed by atoms with Crippen molar-refractivity contribution in [1.29, 1.82) is 5.41 Å². The van der Waals surface area contributed by atoms with Crippen molar-refractivity contribution in [3.05, 3.63) is 52.6 Å². The van der Waals surface area contributed by atoms with Crippen LogP contribution in [0, 0.1) is 5.41 Å². The molecule has 0 spiro atoms. The van der Waals surface area contributed by atoms with E-state index < -0.39 is 34.0 Å². The first kappa shape index (κ1) is 34.6. The van der Waals surface area contributed by atoms with Crippen LogP contribution in [0.5, 0.6) is 0 Å². The van der Waals surface area contributed by atoms with Crippen molar-refractivity contribution in [2.45, 2.75) is 56.0 Å². The van der Waals surface area contributed by atoms with E-state index in [-0.39, 0.29) is 55.1 Å². The maximum atomic E-state index is 13.8. The van der Waals surface area contributed by atoms with Crippen LogP contribution in [-0.2, 0) is 32.5 Å². The highest BCUT2D eigenvalue weighted by molar-refractivity contribution is 7.89. The van der Waals surface area contributed by atoms with E-state index in [1.807, 2.05) is 26.1 Å². The molecule has 0 radical (unpaired) electrons. The Hall–Kier alpha value is -2.64. The lowest BCUT2D eigenvalue weighted by molar-refractivity contribution is -0.150. The molecule has 14 heteroatoms. The molecule has 228 valence electrons. The Morgan fingerprint density at radius 2 is 1.83 bits per heavy atom. The molecule has 41 heavy (non-hydrogen) atoms. The molecule has 3 aliphatic heterocycles. The van der Waals surface area contributed by atoms with Crippen LogP contribution in [0.4, 0.5) is 0 Å². The number of nitrogens with zero attached hydrogens (tertiary/aromatic N) is 3. The monoisotopic (exact) mass is 630 g/mol. The van der Waals surface area contributed by atoms with Crippen LogP contribution in [0.2, 0.25) is 0 Å². The van der Waals surface area contributed by atoms with Crippen molar-refractivity contribution >= 4 is 52.7 Å². The number of fused-ring (bicyclic) bond motifs is 1. The molecule has 0 aromatic heterocycles. The summed E-state index contributed by atoms with van der Waals surface area (Å²) < 4.78 is 29.9. The van der Waals surface area contributed by atoms with Crippen molar-refractivity contribution in [2.75, 3.05) is 39.8 Å². The van der Waals surface area contributed by atoms with Crippen molar-refractivity contribution in [3.63, 3.8) is 0 Å². The highest BCUT2D eigenvalue weighted by Gasteiger charge is 2.38. The molecule has 11 nitrogen and oxygen atoms in total. The number of carboxylic acids is 1. The molecule has 0 saturated carbocycles. The quantitative estimate of drug-likeness (QED) is 0.201. The number of sulfonamides is 1. The van der Waals surface area contributed by atoms with Gasteiger partial charge in [0.2, 0.25) is 15.9 Å². The van der Waals surface area contributed by atoms with Gasteiger partial charge in [-0.15, -0.1) is 24.8 Å². The number of nitrogens with one attached hydrogen (secondary N) is 2. The minimum Gasteiger partial charge on any atom is -0.480 e. The Morgan fingerprint density at radius 3 is 2.49 bits per heavy atom. The molecule has 1 unspecified atom stereocenters. The van der Waals surface area contributed by atoms with Crippen LogP contribution < -0.4 is 10.5 Å². The van der Waals surface area contributed by atoms with Crippen LogP contribution in [0.1, 0.15) is 37.3 Å². The number of aliphatic carboxylic acids is 1. The minimum atomic E-state index is -4.11. The first-order valence-corrected chi connectivity index (χ1v) is 14.7. The third kappa shape index (κ3) is 8.45. The molecule has 0 bridgehead atoms. The van der Waals surface area contributed by atoms with Gasteiger partial charge in [-0.25, -0.2) is 13.2 Å². The summed E-state index contributed by atoms with van der Waals surface area (Å²) in [5, 5.41) is 17.6. The Labute approximate surface area is 254 Å². The van der Waals surface area contributed by atoms with Crippen molar-refractivity contribution in [3.8, 4) is 0 Å². The largest absolute Gasteiger partial charge is 0.480 e. The molecule has 2 atom stereocenters. The predicted octanol–water partition coefficient (Wildman–Crippen LogP) is 1.75. The number of rotatable bonds is 7. The molecule has 0 aliphatic carbocycles. The van der Waals surface area contributed by atoms with E-state index in [9.17, 15) is 23.1 Å². The van der Waals surface area contributed by atoms with Gasteiger partial charge in [-0.2, -0.15) is 4.72 Å². The van der Waals surface area contributed by atoms with Crippen LogP contribution in [0.3, 0.4) is 0 Å². The van der Waals surface area contributed by atoms with E-state index >= 15 is 0 Å². The smallest absolute Gasteiger partial charge is 0.326 e. The number of hydrogen-bond acceptors (Lipinski definition) is 6. The normalized spacial score (nSPS) is 20.3. The van der Waals surface area contributed by atoms with Gasteiger partial charge in [0, 0.05) is 32.7 Å². The number of benzene rings is 1.